The molecular weight excluding hydrogens is 296 g/mol. The zero-order valence-corrected chi connectivity index (χ0v) is 13.1. The maximum atomic E-state index is 11.4. The molecule has 0 fully saturated rings. The molecule has 7 heteroatoms. The second-order valence-electron chi connectivity index (χ2n) is 4.86. The summed E-state index contributed by atoms with van der Waals surface area (Å²) in [5.41, 5.74) is 2.02. The molecule has 0 bridgehead atoms. The van der Waals surface area contributed by atoms with E-state index in [-0.39, 0.29) is 11.6 Å². The van der Waals surface area contributed by atoms with E-state index in [0.717, 1.165) is 0 Å². The van der Waals surface area contributed by atoms with E-state index in [1.807, 2.05) is 13.8 Å². The number of benzene rings is 1. The number of nitrogens with zero attached hydrogens (tertiary/aromatic N) is 3. The van der Waals surface area contributed by atoms with Gasteiger partial charge in [0, 0.05) is 31.2 Å². The van der Waals surface area contributed by atoms with Crippen molar-refractivity contribution in [1.29, 1.82) is 0 Å². The first kappa shape index (κ1) is 16.2. The van der Waals surface area contributed by atoms with Crippen molar-refractivity contribution < 1.29 is 9.72 Å². The summed E-state index contributed by atoms with van der Waals surface area (Å²) in [6, 6.07) is 5.98. The number of hydrogen-bond donors (Lipinski definition) is 1. The molecular formula is C16H16N4O3. The molecule has 0 unspecified atom stereocenters. The molecule has 1 aromatic heterocycles. The second kappa shape index (κ2) is 6.75. The number of nitro groups is 1. The van der Waals surface area contributed by atoms with Crippen LogP contribution in [0.25, 0.3) is 0 Å². The largest absolute Gasteiger partial charge is 0.310 e. The topological polar surface area (TPSA) is 90.1 Å². The SMILES string of the molecule is CCn1nc(C)c(C#Cc2ccc([N+](=O)[O-])cc2)c1NC(C)=O. The van der Waals surface area contributed by atoms with Gasteiger partial charge < -0.3 is 5.32 Å². The molecule has 0 aliphatic rings. The smallest absolute Gasteiger partial charge is 0.269 e. The van der Waals surface area contributed by atoms with E-state index in [9.17, 15) is 14.9 Å². The highest BCUT2D eigenvalue weighted by Crippen LogP contribution is 2.19. The fourth-order valence-corrected chi connectivity index (χ4v) is 2.05. The molecule has 0 saturated carbocycles. The fraction of sp³-hybridized carbons (Fsp3) is 0.250. The molecule has 0 saturated heterocycles. The number of aromatic nitrogens is 2. The maximum absolute atomic E-state index is 11.4. The van der Waals surface area contributed by atoms with Crippen molar-refractivity contribution in [2.75, 3.05) is 5.32 Å². The molecule has 0 aliphatic carbocycles. The maximum Gasteiger partial charge on any atom is 0.269 e. The Balaban J connectivity index is 2.38. The number of hydrogen-bond acceptors (Lipinski definition) is 4. The molecule has 1 heterocycles. The molecule has 0 spiro atoms. The van der Waals surface area contributed by atoms with Crippen LogP contribution < -0.4 is 5.32 Å². The van der Waals surface area contributed by atoms with Crippen molar-refractivity contribution in [2.24, 2.45) is 0 Å². The lowest BCUT2D eigenvalue weighted by molar-refractivity contribution is -0.384. The summed E-state index contributed by atoms with van der Waals surface area (Å²) in [5, 5.41) is 17.7. The molecule has 1 aromatic carbocycles. The zero-order chi connectivity index (χ0) is 17.0. The lowest BCUT2D eigenvalue weighted by Gasteiger charge is -2.05. The van der Waals surface area contributed by atoms with E-state index in [2.05, 4.69) is 22.3 Å². The van der Waals surface area contributed by atoms with Gasteiger partial charge in [-0.15, -0.1) is 0 Å². The summed E-state index contributed by atoms with van der Waals surface area (Å²) in [5.74, 6) is 6.30. The summed E-state index contributed by atoms with van der Waals surface area (Å²) in [4.78, 5) is 21.5. The number of aryl methyl sites for hydroxylation is 2. The number of nitro benzene ring substituents is 1. The van der Waals surface area contributed by atoms with Crippen LogP contribution in [0.5, 0.6) is 0 Å². The quantitative estimate of drug-likeness (QED) is 0.535. The fourth-order valence-electron chi connectivity index (χ4n) is 2.05. The van der Waals surface area contributed by atoms with Crippen molar-refractivity contribution in [3.63, 3.8) is 0 Å². The predicted molar refractivity (Wildman–Crippen MR) is 86.0 cm³/mol. The standard InChI is InChI=1S/C16H16N4O3/c1-4-19-16(17-12(3)21)15(11(2)18-19)10-7-13-5-8-14(9-6-13)20(22)23/h5-6,8-9H,4H2,1-3H3,(H,17,21). The summed E-state index contributed by atoms with van der Waals surface area (Å²) < 4.78 is 1.68. The van der Waals surface area contributed by atoms with Gasteiger partial charge in [0.05, 0.1) is 16.2 Å². The van der Waals surface area contributed by atoms with Gasteiger partial charge >= 0.3 is 0 Å². The first-order valence-corrected chi connectivity index (χ1v) is 7.03. The van der Waals surface area contributed by atoms with Gasteiger partial charge in [-0.2, -0.15) is 5.10 Å². The van der Waals surface area contributed by atoms with Crippen LogP contribution in [0.2, 0.25) is 0 Å². The first-order valence-electron chi connectivity index (χ1n) is 7.03. The minimum absolute atomic E-state index is 0.0180. The van der Waals surface area contributed by atoms with Gasteiger partial charge in [-0.1, -0.05) is 11.8 Å². The lowest BCUT2D eigenvalue weighted by atomic mass is 10.2. The number of nitrogens with one attached hydrogen (secondary N) is 1. The summed E-state index contributed by atoms with van der Waals surface area (Å²) in [6.45, 7) is 5.77. The molecule has 1 N–H and O–H groups in total. The van der Waals surface area contributed by atoms with Crippen LogP contribution in [-0.4, -0.2) is 20.6 Å². The van der Waals surface area contributed by atoms with Crippen molar-refractivity contribution in [3.05, 3.63) is 51.2 Å². The van der Waals surface area contributed by atoms with Crippen LogP contribution in [0, 0.1) is 28.9 Å². The number of amides is 1. The normalized spacial score (nSPS) is 9.87. The highest BCUT2D eigenvalue weighted by molar-refractivity contribution is 5.89. The Labute approximate surface area is 133 Å². The number of rotatable bonds is 3. The molecule has 23 heavy (non-hydrogen) atoms. The Hall–Kier alpha value is -3.14. The van der Waals surface area contributed by atoms with Gasteiger partial charge in [-0.3, -0.25) is 14.9 Å². The molecule has 7 nitrogen and oxygen atoms in total. The highest BCUT2D eigenvalue weighted by Gasteiger charge is 2.13. The van der Waals surface area contributed by atoms with Gasteiger partial charge in [0.1, 0.15) is 5.82 Å². The highest BCUT2D eigenvalue weighted by atomic mass is 16.6. The van der Waals surface area contributed by atoms with Crippen LogP contribution >= 0.6 is 0 Å². The number of carbonyl (C=O) groups excluding carboxylic acids is 1. The van der Waals surface area contributed by atoms with Gasteiger partial charge in [0.25, 0.3) is 5.69 Å². The number of non-ortho nitro benzene ring substituents is 1. The van der Waals surface area contributed by atoms with Crippen molar-refractivity contribution in [1.82, 2.24) is 9.78 Å². The molecule has 0 aliphatic heterocycles. The Morgan fingerprint density at radius 3 is 2.52 bits per heavy atom. The first-order chi connectivity index (χ1) is 10.9. The van der Waals surface area contributed by atoms with Gasteiger partial charge in [-0.05, 0) is 26.0 Å². The van der Waals surface area contributed by atoms with Gasteiger partial charge in [0.2, 0.25) is 5.91 Å². The van der Waals surface area contributed by atoms with Crippen LogP contribution in [0.1, 0.15) is 30.7 Å². The molecule has 0 atom stereocenters. The van der Waals surface area contributed by atoms with E-state index < -0.39 is 4.92 Å². The minimum atomic E-state index is -0.457. The van der Waals surface area contributed by atoms with Crippen LogP contribution in [0.4, 0.5) is 11.5 Å². The molecule has 0 radical (unpaired) electrons. The second-order valence-corrected chi connectivity index (χ2v) is 4.86. The average Bonchev–Trinajstić information content (AvgIpc) is 2.80. The van der Waals surface area contributed by atoms with Crippen molar-refractivity contribution >= 4 is 17.4 Å². The minimum Gasteiger partial charge on any atom is -0.310 e. The van der Waals surface area contributed by atoms with E-state index in [1.165, 1.54) is 19.1 Å². The number of carbonyl (C=O) groups is 1. The van der Waals surface area contributed by atoms with Crippen molar-refractivity contribution in [3.8, 4) is 11.8 Å². The van der Waals surface area contributed by atoms with Crippen LogP contribution in [0.3, 0.4) is 0 Å². The van der Waals surface area contributed by atoms with E-state index in [4.69, 9.17) is 0 Å². The third kappa shape index (κ3) is 3.74. The Morgan fingerprint density at radius 2 is 2.00 bits per heavy atom. The molecule has 2 rings (SSSR count). The van der Waals surface area contributed by atoms with Gasteiger partial charge in [-0.25, -0.2) is 4.68 Å². The number of anilines is 1. The lowest BCUT2D eigenvalue weighted by Crippen LogP contribution is -2.12. The zero-order valence-electron chi connectivity index (χ0n) is 13.1. The summed E-state index contributed by atoms with van der Waals surface area (Å²) in [6.07, 6.45) is 0. The Morgan fingerprint density at radius 1 is 1.35 bits per heavy atom. The Bertz CT molecular complexity index is 810. The third-order valence-electron chi connectivity index (χ3n) is 3.13. The van der Waals surface area contributed by atoms with Crippen LogP contribution in [-0.2, 0) is 11.3 Å². The summed E-state index contributed by atoms with van der Waals surface area (Å²) in [7, 11) is 0. The van der Waals surface area contributed by atoms with Gasteiger partial charge in [0.15, 0.2) is 0 Å². The monoisotopic (exact) mass is 312 g/mol. The average molecular weight is 312 g/mol. The Kier molecular flexibility index (Phi) is 4.76. The molecule has 118 valence electrons. The van der Waals surface area contributed by atoms with Crippen LogP contribution in [0.15, 0.2) is 24.3 Å². The van der Waals surface area contributed by atoms with E-state index >= 15 is 0 Å². The summed E-state index contributed by atoms with van der Waals surface area (Å²) >= 11 is 0. The molecule has 2 aromatic rings. The van der Waals surface area contributed by atoms with E-state index in [1.54, 1.807) is 16.8 Å². The predicted octanol–water partition coefficient (Wildman–Crippen LogP) is 2.48. The third-order valence-corrected chi connectivity index (χ3v) is 3.13. The van der Waals surface area contributed by atoms with E-state index in [0.29, 0.717) is 29.2 Å². The van der Waals surface area contributed by atoms with Crippen molar-refractivity contribution in [2.45, 2.75) is 27.3 Å². The molecule has 1 amide bonds.